The number of hydrogen-bond donors (Lipinski definition) is 15. The number of phenols is 1. The summed E-state index contributed by atoms with van der Waals surface area (Å²) in [5, 5.41) is 61.6. The van der Waals surface area contributed by atoms with Crippen LogP contribution < -0.4 is 53.6 Å². The van der Waals surface area contributed by atoms with Crippen LogP contribution in [0.4, 0.5) is 0 Å². The van der Waals surface area contributed by atoms with Gasteiger partial charge in [-0.15, -0.1) is 0 Å². The van der Waals surface area contributed by atoms with Crippen LogP contribution in [0.25, 0.3) is 0 Å². The Kier molecular flexibility index (Phi) is 31.3. The number of aliphatic carboxylic acids is 3. The van der Waals surface area contributed by atoms with Crippen molar-refractivity contribution < 1.29 is 78.0 Å². The van der Waals surface area contributed by atoms with Crippen LogP contribution in [0.1, 0.15) is 77.5 Å². The smallest absolute Gasteiger partial charge is 0.326 e. The molecule has 0 aliphatic heterocycles. The average Bonchev–Trinajstić information content (AvgIpc) is 4.03. The van der Waals surface area contributed by atoms with Crippen LogP contribution in [-0.2, 0) is 70.4 Å². The number of nitrogens with two attached hydrogens (primary N) is 1. The van der Waals surface area contributed by atoms with Crippen molar-refractivity contribution >= 4 is 104 Å². The minimum Gasteiger partial charge on any atom is -0.508 e. The van der Waals surface area contributed by atoms with Crippen molar-refractivity contribution in [2.24, 2.45) is 17.6 Å². The highest BCUT2D eigenvalue weighted by Crippen LogP contribution is 2.29. The van der Waals surface area contributed by atoms with Gasteiger partial charge in [0.05, 0.1) is 31.9 Å². The molecule has 1 aromatic carbocycles. The van der Waals surface area contributed by atoms with Crippen molar-refractivity contribution in [1.82, 2.24) is 62.8 Å². The summed E-state index contributed by atoms with van der Waals surface area (Å²) < 4.78 is 0. The molecule has 29 nitrogen and oxygen atoms in total. The largest absolute Gasteiger partial charge is 0.508 e. The van der Waals surface area contributed by atoms with Gasteiger partial charge in [0.2, 0.25) is 53.2 Å². The minimum atomic E-state index is -1.89. The lowest BCUT2D eigenvalue weighted by Crippen LogP contribution is -2.59. The number of benzene rings is 1. The molecule has 2 heterocycles. The number of H-pyrrole nitrogens is 1. The molecule has 85 heavy (non-hydrogen) atoms. The van der Waals surface area contributed by atoms with Crippen molar-refractivity contribution in [3.8, 4) is 5.75 Å². The number of carboxylic acids is 3. The number of phenolic OH excluding ortho intramolecular Hbond substituents is 1. The first-order valence-electron chi connectivity index (χ1n) is 26.8. The summed E-state index contributed by atoms with van der Waals surface area (Å²) in [6.45, 7) is 5.53. The first-order valence-corrected chi connectivity index (χ1v) is 30.5. The maximum Gasteiger partial charge on any atom is 0.326 e. The van der Waals surface area contributed by atoms with Crippen molar-refractivity contribution in [1.29, 1.82) is 0 Å². The number of carboxylic acid groups (broad SMARTS) is 3. The molecule has 0 radical (unpaired) electrons. The Morgan fingerprint density at radius 2 is 1.13 bits per heavy atom. The van der Waals surface area contributed by atoms with Gasteiger partial charge in [0.15, 0.2) is 0 Å². The van der Waals surface area contributed by atoms with Crippen LogP contribution in [0, 0.1) is 11.8 Å². The molecule has 3 unspecified atom stereocenters. The van der Waals surface area contributed by atoms with Crippen molar-refractivity contribution in [3.63, 3.8) is 0 Å². The summed E-state index contributed by atoms with van der Waals surface area (Å²) in [4.78, 5) is 169. The number of nitrogens with zero attached hydrogens (tertiary/aromatic N) is 2. The van der Waals surface area contributed by atoms with E-state index in [1.165, 1.54) is 70.1 Å². The van der Waals surface area contributed by atoms with Gasteiger partial charge in [-0.25, -0.2) is 14.8 Å². The third kappa shape index (κ3) is 28.0. The van der Waals surface area contributed by atoms with Crippen LogP contribution in [0.3, 0.4) is 0 Å². The second kappa shape index (κ2) is 37.4. The van der Waals surface area contributed by atoms with Crippen molar-refractivity contribution in [3.05, 3.63) is 72.4 Å². The molecule has 9 amide bonds. The second-order valence-corrected chi connectivity index (χ2v) is 23.5. The molecule has 32 heteroatoms. The lowest BCUT2D eigenvalue weighted by atomic mass is 10.0. The van der Waals surface area contributed by atoms with Gasteiger partial charge in [-0.1, -0.05) is 56.7 Å². The second-order valence-electron chi connectivity index (χ2n) is 20.2. The number of aromatic hydroxyl groups is 1. The third-order valence-corrected chi connectivity index (χ3v) is 15.0. The highest BCUT2D eigenvalue weighted by molar-refractivity contribution is 8.76. The van der Waals surface area contributed by atoms with E-state index in [0.717, 1.165) is 0 Å². The van der Waals surface area contributed by atoms with E-state index < -0.39 is 152 Å². The molecule has 16 N–H and O–H groups in total. The molecule has 0 saturated carbocycles. The van der Waals surface area contributed by atoms with Gasteiger partial charge in [-0.05, 0) is 90.2 Å². The first-order chi connectivity index (χ1) is 40.2. The molecule has 0 saturated heterocycles. The summed E-state index contributed by atoms with van der Waals surface area (Å²) >= 11 is 1.26. The number of carbonyl (C=O) groups excluding carboxylic acids is 9. The van der Waals surface area contributed by atoms with Gasteiger partial charge in [-0.2, -0.15) is 11.8 Å². The van der Waals surface area contributed by atoms with E-state index in [4.69, 9.17) is 5.73 Å². The number of pyridine rings is 1. The Morgan fingerprint density at radius 3 is 1.67 bits per heavy atom. The van der Waals surface area contributed by atoms with Gasteiger partial charge in [0.25, 0.3) is 0 Å². The molecule has 0 bridgehead atoms. The van der Waals surface area contributed by atoms with Crippen molar-refractivity contribution in [2.45, 2.75) is 132 Å². The van der Waals surface area contributed by atoms with Gasteiger partial charge < -0.3 is 79.0 Å². The van der Waals surface area contributed by atoms with E-state index in [1.807, 2.05) is 0 Å². The molecule has 2 aromatic heterocycles. The highest BCUT2D eigenvalue weighted by atomic mass is 33.1. The van der Waals surface area contributed by atoms with E-state index in [9.17, 15) is 78.0 Å². The van der Waals surface area contributed by atoms with Gasteiger partial charge in [0.1, 0.15) is 53.1 Å². The molecule has 8 atom stereocenters. The maximum absolute atomic E-state index is 14.1. The van der Waals surface area contributed by atoms with Crippen LogP contribution in [0.15, 0.2) is 66.2 Å². The highest BCUT2D eigenvalue weighted by Gasteiger charge is 2.35. The molecule has 3 aromatic rings. The Balaban J connectivity index is 1.76. The topological polar surface area (TPSA) is 462 Å². The Morgan fingerprint density at radius 1 is 0.600 bits per heavy atom. The van der Waals surface area contributed by atoms with E-state index in [-0.39, 0.29) is 61.2 Å². The lowest BCUT2D eigenvalue weighted by molar-refractivity contribution is -0.143. The van der Waals surface area contributed by atoms with Crippen molar-refractivity contribution in [2.75, 3.05) is 30.9 Å². The number of aromatic amines is 1. The fourth-order valence-corrected chi connectivity index (χ4v) is 10.3. The first kappa shape index (κ1) is 71.3. The SMILES string of the molecule is CSCC[C@H](NC(=O)CNC(=O)[C@H](CC(=O)O)NC(=O)C(Cc1ccc(O)cc1)NC(=O)[C@H](CC(C)C)NC(=O)CNC(=O)[C@@H](N)CSSc1ccccn1)C(=O)NC(CCC(=O)O)C(=O)N[C@@H](Cc1cnc[nH]1)C(=O)NC(CC(C)C)C(=O)O. The predicted octanol–water partition coefficient (Wildman–Crippen LogP) is -1.04. The normalized spacial score (nSPS) is 13.9. The number of imidazole rings is 1. The van der Waals surface area contributed by atoms with E-state index in [0.29, 0.717) is 16.3 Å². The third-order valence-electron chi connectivity index (χ3n) is 12.1. The molecule has 0 aliphatic rings. The van der Waals surface area contributed by atoms with Gasteiger partial charge in [0, 0.05) is 43.1 Å². The summed E-state index contributed by atoms with van der Waals surface area (Å²) in [7, 11) is 2.59. The Bertz CT molecular complexity index is 2730. The van der Waals surface area contributed by atoms with Crippen LogP contribution in [0.5, 0.6) is 5.75 Å². The zero-order valence-electron chi connectivity index (χ0n) is 47.4. The number of amides is 9. The summed E-state index contributed by atoms with van der Waals surface area (Å²) in [6.07, 6.45) is 3.25. The molecule has 0 fully saturated rings. The average molecular weight is 1250 g/mol. The predicted molar refractivity (Wildman–Crippen MR) is 313 cm³/mol. The van der Waals surface area contributed by atoms with E-state index in [2.05, 4.69) is 62.8 Å². The number of aromatic nitrogens is 3. The fourth-order valence-electron chi connectivity index (χ4n) is 7.80. The number of nitrogens with one attached hydrogen (secondary N) is 10. The number of carbonyl (C=O) groups is 12. The van der Waals surface area contributed by atoms with Crippen LogP contribution in [-0.4, -0.2) is 186 Å². The zero-order valence-corrected chi connectivity index (χ0v) is 49.9. The molecule has 0 aliphatic carbocycles. The molecular formula is C53H75N13O16S3. The Labute approximate surface area is 502 Å². The Hall–Kier alpha value is -7.97. The van der Waals surface area contributed by atoms with E-state index >= 15 is 0 Å². The maximum atomic E-state index is 14.1. The molecule has 3 rings (SSSR count). The van der Waals surface area contributed by atoms with Gasteiger partial charge in [-0.3, -0.25) is 52.7 Å². The summed E-state index contributed by atoms with van der Waals surface area (Å²) in [6, 6.07) is -0.791. The number of hydrogen-bond acceptors (Lipinski definition) is 19. The van der Waals surface area contributed by atoms with E-state index in [1.54, 1.807) is 58.3 Å². The lowest BCUT2D eigenvalue weighted by Gasteiger charge is -2.26. The summed E-state index contributed by atoms with van der Waals surface area (Å²) in [5.41, 5.74) is 6.76. The monoisotopic (exact) mass is 1250 g/mol. The standard InChI is InChI=1S/C53H75N13O16S3/c1-28(2)18-36(61-42(69)24-57-46(74)33(54)26-84-85-43-8-6-7-16-56-43)50(78)63-37(20-30-9-11-32(67)12-10-30)51(79)65-39(22-45(72)73)47(75)58-25-41(68)60-35(15-17-83-5)49(77)62-34(13-14-44(70)71)48(76)64-38(21-31-23-55-27-59-31)52(80)66-40(53(81)82)19-29(3)4/h6-12,16,23,27-29,33-40,67H,13-15,17-22,24-26,54H2,1-5H3,(H,55,59)(H,57,74)(H,58,75)(H,60,68)(H,61,69)(H,62,77)(H,63,78)(H,64,76)(H,65,79)(H,66,80)(H,70,71)(H,72,73)(H,81,82)/t33-,34?,35-,36-,37?,38-,39-,40?/m0/s1. The zero-order chi connectivity index (χ0) is 63.2. The minimum absolute atomic E-state index is 0.0387. The molecule has 466 valence electrons. The van der Waals surface area contributed by atoms with Crippen LogP contribution >= 0.6 is 33.3 Å². The van der Waals surface area contributed by atoms with Gasteiger partial charge >= 0.3 is 17.9 Å². The number of thioether (sulfide) groups is 1. The quantitative estimate of drug-likeness (QED) is 0.0303. The molecule has 0 spiro atoms. The summed E-state index contributed by atoms with van der Waals surface area (Å²) in [5.74, 6) is -12.8. The fraction of sp³-hybridized carbons (Fsp3) is 0.509. The molecular weight excluding hydrogens is 1170 g/mol. The number of rotatable bonds is 39. The van der Waals surface area contributed by atoms with Crippen LogP contribution in [0.2, 0.25) is 0 Å².